The van der Waals surface area contributed by atoms with Gasteiger partial charge in [0.1, 0.15) is 5.82 Å². The van der Waals surface area contributed by atoms with E-state index in [1.807, 2.05) is 79.9 Å². The van der Waals surface area contributed by atoms with Crippen molar-refractivity contribution in [2.24, 2.45) is 0 Å². The van der Waals surface area contributed by atoms with Gasteiger partial charge in [0, 0.05) is 48.0 Å². The zero-order valence-corrected chi connectivity index (χ0v) is 17.6. The standard InChI is InChI=1S/C26H21N5O/c1-18-28-13-14-31(18)17-19-8-10-21(11-9-19)29-26(32)23-15-25(20-5-4-12-27-16-20)30-24-7-3-2-6-22(23)24/h2-16H,17H2,1H3,(H,29,32). The zero-order chi connectivity index (χ0) is 21.9. The maximum absolute atomic E-state index is 13.2. The Labute approximate surface area is 185 Å². The minimum absolute atomic E-state index is 0.174. The van der Waals surface area contributed by atoms with Gasteiger partial charge >= 0.3 is 0 Å². The van der Waals surface area contributed by atoms with Crippen molar-refractivity contribution in [2.75, 3.05) is 5.32 Å². The number of fused-ring (bicyclic) bond motifs is 1. The molecule has 0 unspecified atom stereocenters. The highest BCUT2D eigenvalue weighted by atomic mass is 16.1. The topological polar surface area (TPSA) is 72.7 Å². The number of nitrogens with zero attached hydrogens (tertiary/aromatic N) is 4. The Hall–Kier alpha value is -4.32. The number of benzene rings is 2. The van der Waals surface area contributed by atoms with Crippen molar-refractivity contribution in [3.63, 3.8) is 0 Å². The van der Waals surface area contributed by atoms with E-state index >= 15 is 0 Å². The highest BCUT2D eigenvalue weighted by Gasteiger charge is 2.14. The second-order valence-corrected chi connectivity index (χ2v) is 7.57. The first kappa shape index (κ1) is 19.6. The second kappa shape index (κ2) is 8.43. The molecule has 0 saturated heterocycles. The number of carbonyl (C=O) groups excluding carboxylic acids is 1. The zero-order valence-electron chi connectivity index (χ0n) is 17.6. The van der Waals surface area contributed by atoms with Crippen LogP contribution in [-0.4, -0.2) is 25.4 Å². The second-order valence-electron chi connectivity index (χ2n) is 7.57. The summed E-state index contributed by atoms with van der Waals surface area (Å²) in [6.07, 6.45) is 7.22. The van der Waals surface area contributed by atoms with Gasteiger partial charge in [-0.3, -0.25) is 9.78 Å². The number of para-hydroxylation sites is 1. The van der Waals surface area contributed by atoms with Crippen molar-refractivity contribution >= 4 is 22.5 Å². The summed E-state index contributed by atoms with van der Waals surface area (Å²) in [5.41, 5.74) is 4.80. The van der Waals surface area contributed by atoms with Crippen molar-refractivity contribution in [3.05, 3.63) is 108 Å². The average molecular weight is 419 g/mol. The van der Waals surface area contributed by atoms with Gasteiger partial charge in [0.05, 0.1) is 16.8 Å². The highest BCUT2D eigenvalue weighted by Crippen LogP contribution is 2.25. The van der Waals surface area contributed by atoms with Crippen LogP contribution in [0, 0.1) is 6.92 Å². The number of imidazole rings is 1. The van der Waals surface area contributed by atoms with Crippen LogP contribution in [0.1, 0.15) is 21.7 Å². The maximum atomic E-state index is 13.2. The molecule has 0 fully saturated rings. The summed E-state index contributed by atoms with van der Waals surface area (Å²) in [5, 5.41) is 3.84. The molecule has 0 spiro atoms. The van der Waals surface area contributed by atoms with Crippen LogP contribution >= 0.6 is 0 Å². The molecule has 2 aromatic carbocycles. The Kier molecular flexibility index (Phi) is 5.17. The smallest absolute Gasteiger partial charge is 0.256 e. The molecule has 3 heterocycles. The number of carbonyl (C=O) groups is 1. The van der Waals surface area contributed by atoms with Crippen molar-refractivity contribution in [2.45, 2.75) is 13.5 Å². The van der Waals surface area contributed by atoms with Crippen molar-refractivity contribution in [1.82, 2.24) is 19.5 Å². The van der Waals surface area contributed by atoms with Crippen molar-refractivity contribution < 1.29 is 4.79 Å². The fourth-order valence-electron chi connectivity index (χ4n) is 3.68. The van der Waals surface area contributed by atoms with E-state index in [2.05, 4.69) is 19.9 Å². The first-order chi connectivity index (χ1) is 15.7. The summed E-state index contributed by atoms with van der Waals surface area (Å²) in [5.74, 6) is 0.795. The molecule has 0 radical (unpaired) electrons. The molecule has 156 valence electrons. The number of nitrogens with one attached hydrogen (secondary N) is 1. The lowest BCUT2D eigenvalue weighted by Crippen LogP contribution is -2.13. The molecule has 1 N–H and O–H groups in total. The quantitative estimate of drug-likeness (QED) is 0.430. The molecular formula is C26H21N5O. The molecule has 0 aliphatic rings. The molecule has 1 amide bonds. The Morgan fingerprint density at radius 1 is 1.00 bits per heavy atom. The van der Waals surface area contributed by atoms with Gasteiger partial charge in [-0.05, 0) is 48.9 Å². The number of amides is 1. The Morgan fingerprint density at radius 2 is 1.84 bits per heavy atom. The van der Waals surface area contributed by atoms with E-state index in [0.29, 0.717) is 11.3 Å². The van der Waals surface area contributed by atoms with Gasteiger partial charge in [0.2, 0.25) is 0 Å². The molecule has 0 atom stereocenters. The lowest BCUT2D eigenvalue weighted by Gasteiger charge is -2.11. The molecular weight excluding hydrogens is 398 g/mol. The van der Waals surface area contributed by atoms with Crippen LogP contribution < -0.4 is 5.32 Å². The Morgan fingerprint density at radius 3 is 2.59 bits per heavy atom. The van der Waals surface area contributed by atoms with Crippen LogP contribution in [0.2, 0.25) is 0 Å². The van der Waals surface area contributed by atoms with Gasteiger partial charge in [0.25, 0.3) is 5.91 Å². The van der Waals surface area contributed by atoms with Gasteiger partial charge in [-0.25, -0.2) is 9.97 Å². The number of aryl methyl sites for hydroxylation is 1. The Bertz CT molecular complexity index is 1390. The number of rotatable bonds is 5. The van der Waals surface area contributed by atoms with E-state index in [9.17, 15) is 4.79 Å². The van der Waals surface area contributed by atoms with Crippen molar-refractivity contribution in [1.29, 1.82) is 0 Å². The lowest BCUT2D eigenvalue weighted by molar-refractivity contribution is 0.102. The van der Waals surface area contributed by atoms with E-state index in [0.717, 1.165) is 40.1 Å². The molecule has 0 bridgehead atoms. The summed E-state index contributed by atoms with van der Waals surface area (Å²) in [6.45, 7) is 2.72. The molecule has 6 nitrogen and oxygen atoms in total. The Balaban J connectivity index is 1.43. The van der Waals surface area contributed by atoms with E-state index in [4.69, 9.17) is 4.98 Å². The fourth-order valence-corrected chi connectivity index (χ4v) is 3.68. The predicted octanol–water partition coefficient (Wildman–Crippen LogP) is 5.10. The van der Waals surface area contributed by atoms with Gasteiger partial charge < -0.3 is 9.88 Å². The highest BCUT2D eigenvalue weighted by molar-refractivity contribution is 6.13. The van der Waals surface area contributed by atoms with Crippen molar-refractivity contribution in [3.8, 4) is 11.3 Å². The van der Waals surface area contributed by atoms with Crippen LogP contribution in [0.25, 0.3) is 22.2 Å². The fraction of sp³-hybridized carbons (Fsp3) is 0.0769. The number of aromatic nitrogens is 4. The monoisotopic (exact) mass is 419 g/mol. The molecule has 32 heavy (non-hydrogen) atoms. The van der Waals surface area contributed by atoms with Gasteiger partial charge in [-0.1, -0.05) is 30.3 Å². The third kappa shape index (κ3) is 3.98. The van der Waals surface area contributed by atoms with Gasteiger partial charge in [0.15, 0.2) is 0 Å². The summed E-state index contributed by atoms with van der Waals surface area (Å²) in [7, 11) is 0. The normalized spacial score (nSPS) is 10.9. The van der Waals surface area contributed by atoms with E-state index in [1.54, 1.807) is 18.6 Å². The minimum atomic E-state index is -0.174. The third-order valence-electron chi connectivity index (χ3n) is 5.41. The third-order valence-corrected chi connectivity index (χ3v) is 5.41. The largest absolute Gasteiger partial charge is 0.331 e. The van der Waals surface area contributed by atoms with E-state index < -0.39 is 0 Å². The molecule has 6 heteroatoms. The van der Waals surface area contributed by atoms with E-state index in [1.165, 1.54) is 0 Å². The summed E-state index contributed by atoms with van der Waals surface area (Å²) in [4.78, 5) is 26.4. The van der Waals surface area contributed by atoms with Gasteiger partial charge in [-0.15, -0.1) is 0 Å². The first-order valence-electron chi connectivity index (χ1n) is 10.4. The maximum Gasteiger partial charge on any atom is 0.256 e. The molecule has 0 aliphatic heterocycles. The number of pyridine rings is 2. The van der Waals surface area contributed by atoms with Crippen LogP contribution in [0.15, 0.2) is 91.5 Å². The van der Waals surface area contributed by atoms with E-state index in [-0.39, 0.29) is 5.91 Å². The summed E-state index contributed by atoms with van der Waals surface area (Å²) in [6, 6.07) is 21.2. The van der Waals surface area contributed by atoms with Crippen LogP contribution in [-0.2, 0) is 6.54 Å². The molecule has 0 saturated carbocycles. The van der Waals surface area contributed by atoms with Crippen LogP contribution in [0.4, 0.5) is 5.69 Å². The molecule has 3 aromatic heterocycles. The molecule has 0 aliphatic carbocycles. The number of hydrogen-bond acceptors (Lipinski definition) is 4. The first-order valence-corrected chi connectivity index (χ1v) is 10.4. The van der Waals surface area contributed by atoms with Gasteiger partial charge in [-0.2, -0.15) is 0 Å². The summed E-state index contributed by atoms with van der Waals surface area (Å²) < 4.78 is 2.08. The lowest BCUT2D eigenvalue weighted by atomic mass is 10.0. The predicted molar refractivity (Wildman–Crippen MR) is 125 cm³/mol. The number of anilines is 1. The van der Waals surface area contributed by atoms with Crippen LogP contribution in [0.5, 0.6) is 0 Å². The van der Waals surface area contributed by atoms with Crippen LogP contribution in [0.3, 0.4) is 0 Å². The molecule has 5 rings (SSSR count). The number of hydrogen-bond donors (Lipinski definition) is 1. The summed E-state index contributed by atoms with van der Waals surface area (Å²) >= 11 is 0. The SMILES string of the molecule is Cc1nccn1Cc1ccc(NC(=O)c2cc(-c3cccnc3)nc3ccccc23)cc1. The average Bonchev–Trinajstić information content (AvgIpc) is 3.24. The molecule has 5 aromatic rings. The minimum Gasteiger partial charge on any atom is -0.331 e.